The zero-order valence-corrected chi connectivity index (χ0v) is 17.1. The number of rotatable bonds is 8. The second-order valence-electron chi connectivity index (χ2n) is 7.63. The summed E-state index contributed by atoms with van der Waals surface area (Å²) in [5.74, 6) is -0.954. The summed E-state index contributed by atoms with van der Waals surface area (Å²) in [6.07, 6.45) is -2.93. The lowest BCUT2D eigenvalue weighted by molar-refractivity contribution is -0.192. The number of aryl methyl sites for hydroxylation is 1. The number of alkyl halides is 3. The maximum atomic E-state index is 14.1. The number of pyridine rings is 1. The van der Waals surface area contributed by atoms with Crippen LogP contribution >= 0.6 is 0 Å². The van der Waals surface area contributed by atoms with Crippen molar-refractivity contribution >= 4 is 5.91 Å². The van der Waals surface area contributed by atoms with Crippen LogP contribution in [0.5, 0.6) is 0 Å². The van der Waals surface area contributed by atoms with Crippen molar-refractivity contribution in [1.82, 2.24) is 9.88 Å². The van der Waals surface area contributed by atoms with Crippen LogP contribution < -0.4 is 5.73 Å². The Morgan fingerprint density at radius 3 is 2.20 bits per heavy atom. The highest BCUT2D eigenvalue weighted by Crippen LogP contribution is 2.40. The number of nitriles is 1. The molecular weight excluding hydrogens is 393 g/mol. The van der Waals surface area contributed by atoms with Crippen molar-refractivity contribution in [2.75, 3.05) is 6.54 Å². The molecule has 0 aliphatic carbocycles. The van der Waals surface area contributed by atoms with Crippen LogP contribution in [0.25, 0.3) is 11.1 Å². The van der Waals surface area contributed by atoms with Gasteiger partial charge in [-0.2, -0.15) is 18.4 Å². The van der Waals surface area contributed by atoms with E-state index in [1.54, 1.807) is 38.2 Å². The molecule has 5 nitrogen and oxygen atoms in total. The van der Waals surface area contributed by atoms with E-state index in [9.17, 15) is 18.0 Å². The Morgan fingerprint density at radius 1 is 1.17 bits per heavy atom. The number of primary amides is 1. The first-order valence-corrected chi connectivity index (χ1v) is 9.56. The number of carbonyl (C=O) groups excluding carboxylic acids is 1. The number of hydrogen-bond acceptors (Lipinski definition) is 4. The highest BCUT2D eigenvalue weighted by atomic mass is 19.4. The van der Waals surface area contributed by atoms with Gasteiger partial charge in [0.05, 0.1) is 18.7 Å². The average Bonchev–Trinajstić information content (AvgIpc) is 2.66. The highest BCUT2D eigenvalue weighted by Gasteiger charge is 2.47. The lowest BCUT2D eigenvalue weighted by atomic mass is 9.95. The van der Waals surface area contributed by atoms with Crippen LogP contribution in [0.4, 0.5) is 13.2 Å². The normalized spacial score (nSPS) is 13.8. The third kappa shape index (κ3) is 5.80. The van der Waals surface area contributed by atoms with E-state index in [1.165, 1.54) is 12.1 Å². The highest BCUT2D eigenvalue weighted by molar-refractivity contribution is 5.80. The number of carbonyl (C=O) groups is 1. The largest absolute Gasteiger partial charge is 0.408 e. The van der Waals surface area contributed by atoms with Crippen LogP contribution in [0.3, 0.4) is 0 Å². The van der Waals surface area contributed by atoms with Gasteiger partial charge in [-0.15, -0.1) is 0 Å². The van der Waals surface area contributed by atoms with Crippen LogP contribution in [0.15, 0.2) is 42.6 Å². The number of benzene rings is 1. The molecule has 1 amide bonds. The zero-order chi connectivity index (χ0) is 22.5. The van der Waals surface area contributed by atoms with Crippen LogP contribution in [0.2, 0.25) is 0 Å². The molecule has 0 bridgehead atoms. The molecule has 1 aromatic carbocycles. The predicted molar refractivity (Wildman–Crippen MR) is 108 cm³/mol. The van der Waals surface area contributed by atoms with Gasteiger partial charge >= 0.3 is 6.18 Å². The first-order chi connectivity index (χ1) is 14.0. The Labute approximate surface area is 174 Å². The van der Waals surface area contributed by atoms with Gasteiger partial charge in [0.1, 0.15) is 6.04 Å². The molecule has 8 heteroatoms. The lowest BCUT2D eigenvalue weighted by Gasteiger charge is -2.37. The first-order valence-electron chi connectivity index (χ1n) is 9.56. The summed E-state index contributed by atoms with van der Waals surface area (Å²) < 4.78 is 42.3. The monoisotopic (exact) mass is 418 g/mol. The van der Waals surface area contributed by atoms with Gasteiger partial charge in [0.2, 0.25) is 5.91 Å². The number of nitrogens with two attached hydrogens (primary N) is 1. The molecular formula is C22H25F3N4O. The van der Waals surface area contributed by atoms with Crippen molar-refractivity contribution < 1.29 is 18.0 Å². The third-order valence-electron chi connectivity index (χ3n) is 4.79. The number of halogens is 3. The Bertz CT molecular complexity index is 887. The standard InChI is InChI=1S/C22H25F3N4O/c1-14(2)12-19(21(27)30)29(11-10-26)20(22(23,24)25)17-8-6-16(7-9-17)18-5-4-15(3)28-13-18/h4-9,13-14,19-20H,11-12H2,1-3H3,(H2,27,30)/t19-,20-/m0/s1. The fourth-order valence-corrected chi connectivity index (χ4v) is 3.39. The Morgan fingerprint density at radius 2 is 1.77 bits per heavy atom. The van der Waals surface area contributed by atoms with Gasteiger partial charge in [0.25, 0.3) is 0 Å². The maximum Gasteiger partial charge on any atom is 0.408 e. The number of hydrogen-bond donors (Lipinski definition) is 1. The SMILES string of the molecule is Cc1ccc(-c2ccc([C@H](N(CC#N)[C@@H](CC(C)C)C(N)=O)C(F)(F)F)cc2)cn1. The van der Waals surface area contributed by atoms with Crippen LogP contribution in [0.1, 0.15) is 37.6 Å². The van der Waals surface area contributed by atoms with E-state index in [0.29, 0.717) is 5.56 Å². The van der Waals surface area contributed by atoms with Crippen LogP contribution in [-0.2, 0) is 4.79 Å². The van der Waals surface area contributed by atoms with E-state index >= 15 is 0 Å². The number of nitrogens with zero attached hydrogens (tertiary/aromatic N) is 3. The third-order valence-corrected chi connectivity index (χ3v) is 4.79. The van der Waals surface area contributed by atoms with Crippen LogP contribution in [-0.4, -0.2) is 34.6 Å². The van der Waals surface area contributed by atoms with E-state index in [0.717, 1.165) is 16.2 Å². The van der Waals surface area contributed by atoms with Gasteiger partial charge in [-0.05, 0) is 36.5 Å². The molecule has 1 aromatic heterocycles. The summed E-state index contributed by atoms with van der Waals surface area (Å²) in [6.45, 7) is 4.84. The minimum atomic E-state index is -4.70. The summed E-state index contributed by atoms with van der Waals surface area (Å²) in [6, 6.07) is 7.96. The van der Waals surface area contributed by atoms with Crippen molar-refractivity contribution in [3.05, 3.63) is 53.9 Å². The molecule has 2 N–H and O–H groups in total. The Hall–Kier alpha value is -2.92. The topological polar surface area (TPSA) is 83.0 Å². The molecule has 160 valence electrons. The van der Waals surface area contributed by atoms with Gasteiger partial charge in [0, 0.05) is 17.5 Å². The van der Waals surface area contributed by atoms with E-state index in [2.05, 4.69) is 4.98 Å². The number of amides is 1. The molecule has 0 spiro atoms. The summed E-state index contributed by atoms with van der Waals surface area (Å²) in [4.78, 5) is 17.0. The molecule has 30 heavy (non-hydrogen) atoms. The summed E-state index contributed by atoms with van der Waals surface area (Å²) >= 11 is 0. The van der Waals surface area contributed by atoms with Crippen molar-refractivity contribution in [3.63, 3.8) is 0 Å². The second-order valence-corrected chi connectivity index (χ2v) is 7.63. The number of aromatic nitrogens is 1. The minimum absolute atomic E-state index is 0.0587. The summed E-state index contributed by atoms with van der Waals surface area (Å²) in [5.41, 5.74) is 7.69. The second kappa shape index (κ2) is 9.72. The quantitative estimate of drug-likeness (QED) is 0.645. The van der Waals surface area contributed by atoms with Gasteiger partial charge in [-0.3, -0.25) is 14.7 Å². The van der Waals surface area contributed by atoms with Crippen molar-refractivity contribution in [2.24, 2.45) is 11.7 Å². The smallest absolute Gasteiger partial charge is 0.368 e. The molecule has 0 aliphatic rings. The van der Waals surface area contributed by atoms with E-state index in [1.807, 2.05) is 19.1 Å². The Balaban J connectivity index is 2.48. The molecule has 0 saturated heterocycles. The molecule has 0 unspecified atom stereocenters. The predicted octanol–water partition coefficient (Wildman–Crippen LogP) is 4.39. The van der Waals surface area contributed by atoms with E-state index < -0.39 is 30.7 Å². The maximum absolute atomic E-state index is 14.1. The molecule has 1 heterocycles. The average molecular weight is 418 g/mol. The van der Waals surface area contributed by atoms with Gasteiger partial charge in [-0.25, -0.2) is 0 Å². The molecule has 2 rings (SSSR count). The molecule has 2 atom stereocenters. The molecule has 0 radical (unpaired) electrons. The first kappa shape index (κ1) is 23.4. The van der Waals surface area contributed by atoms with Gasteiger partial charge in [-0.1, -0.05) is 44.2 Å². The lowest BCUT2D eigenvalue weighted by Crippen LogP contribution is -2.51. The molecule has 0 fully saturated rings. The van der Waals surface area contributed by atoms with Crippen molar-refractivity contribution in [2.45, 2.75) is 45.5 Å². The molecule has 0 saturated carbocycles. The Kier molecular flexibility index (Phi) is 7.57. The summed E-state index contributed by atoms with van der Waals surface area (Å²) in [7, 11) is 0. The summed E-state index contributed by atoms with van der Waals surface area (Å²) in [5, 5.41) is 9.16. The zero-order valence-electron chi connectivity index (χ0n) is 17.1. The fraction of sp³-hybridized carbons (Fsp3) is 0.409. The van der Waals surface area contributed by atoms with Crippen molar-refractivity contribution in [1.29, 1.82) is 5.26 Å². The molecule has 0 aliphatic heterocycles. The van der Waals surface area contributed by atoms with Gasteiger partial charge < -0.3 is 5.73 Å². The molecule has 2 aromatic rings. The van der Waals surface area contributed by atoms with E-state index in [4.69, 9.17) is 11.0 Å². The van der Waals surface area contributed by atoms with Crippen LogP contribution in [0, 0.1) is 24.2 Å². The van der Waals surface area contributed by atoms with Gasteiger partial charge in [0.15, 0.2) is 0 Å². The minimum Gasteiger partial charge on any atom is -0.368 e. The fourth-order valence-electron chi connectivity index (χ4n) is 3.39. The van der Waals surface area contributed by atoms with E-state index in [-0.39, 0.29) is 17.9 Å². The van der Waals surface area contributed by atoms with Crippen molar-refractivity contribution in [3.8, 4) is 17.2 Å².